The summed E-state index contributed by atoms with van der Waals surface area (Å²) >= 11 is 1.35. The predicted molar refractivity (Wildman–Crippen MR) is 121 cm³/mol. The largest absolute Gasteiger partial charge is 0.486 e. The Morgan fingerprint density at radius 1 is 1.06 bits per heavy atom. The number of Topliss-reactive ketones (excluding diaryl/α,β-unsaturated/α-hetero) is 1. The van der Waals surface area contributed by atoms with Crippen LogP contribution in [0.25, 0.3) is 0 Å². The normalized spacial score (nSPS) is 17.2. The second-order valence-corrected chi connectivity index (χ2v) is 9.44. The van der Waals surface area contributed by atoms with Gasteiger partial charge in [-0.3, -0.25) is 14.4 Å². The summed E-state index contributed by atoms with van der Waals surface area (Å²) in [6.45, 7) is 5.84. The van der Waals surface area contributed by atoms with E-state index in [1.807, 2.05) is 25.3 Å². The molecule has 170 valence electrons. The van der Waals surface area contributed by atoms with Crippen LogP contribution in [0.1, 0.15) is 46.7 Å². The van der Waals surface area contributed by atoms with Gasteiger partial charge in [-0.1, -0.05) is 19.9 Å². The molecule has 2 amide bonds. The van der Waals surface area contributed by atoms with Crippen molar-refractivity contribution in [2.45, 2.75) is 32.7 Å². The van der Waals surface area contributed by atoms with Gasteiger partial charge < -0.3 is 19.7 Å². The zero-order valence-electron chi connectivity index (χ0n) is 18.3. The van der Waals surface area contributed by atoms with Gasteiger partial charge in [-0.25, -0.2) is 0 Å². The van der Waals surface area contributed by atoms with Gasteiger partial charge in [0, 0.05) is 24.6 Å². The minimum atomic E-state index is -0.588. The first kappa shape index (κ1) is 22.3. The van der Waals surface area contributed by atoms with E-state index >= 15 is 0 Å². The molecular formula is C24H28N2O5S. The van der Waals surface area contributed by atoms with Crippen molar-refractivity contribution in [1.82, 2.24) is 10.2 Å². The fourth-order valence-electron chi connectivity index (χ4n) is 4.12. The fraction of sp³-hybridized carbons (Fsp3) is 0.458. The number of carbonyl (C=O) groups excluding carboxylic acids is 3. The lowest BCUT2D eigenvalue weighted by molar-refractivity contribution is -0.135. The molecule has 0 saturated carbocycles. The molecule has 7 nitrogen and oxygen atoms in total. The smallest absolute Gasteiger partial charge is 0.262 e. The van der Waals surface area contributed by atoms with Crippen LogP contribution in [0, 0.1) is 11.8 Å². The van der Waals surface area contributed by atoms with Gasteiger partial charge in [0.2, 0.25) is 5.91 Å². The van der Waals surface area contributed by atoms with Crippen molar-refractivity contribution >= 4 is 28.9 Å². The molecule has 1 N–H and O–H groups in total. The highest BCUT2D eigenvalue weighted by Crippen LogP contribution is 2.32. The molecule has 1 saturated heterocycles. The number of benzene rings is 1. The Morgan fingerprint density at radius 3 is 2.44 bits per heavy atom. The molecule has 0 bridgehead atoms. The van der Waals surface area contributed by atoms with E-state index in [-0.39, 0.29) is 29.4 Å². The fourth-order valence-corrected chi connectivity index (χ4v) is 4.75. The minimum Gasteiger partial charge on any atom is -0.486 e. The maximum Gasteiger partial charge on any atom is 0.262 e. The summed E-state index contributed by atoms with van der Waals surface area (Å²) in [6.07, 6.45) is 1.20. The van der Waals surface area contributed by atoms with Gasteiger partial charge in [-0.05, 0) is 48.4 Å². The molecule has 1 atom stereocenters. The van der Waals surface area contributed by atoms with Crippen LogP contribution in [-0.4, -0.2) is 54.8 Å². The number of carbonyl (C=O) groups is 3. The number of amides is 2. The molecular weight excluding hydrogens is 428 g/mol. The topological polar surface area (TPSA) is 84.9 Å². The number of likely N-dealkylation sites (tertiary alicyclic amines) is 1. The number of hydrogen-bond acceptors (Lipinski definition) is 6. The molecule has 8 heteroatoms. The Morgan fingerprint density at radius 2 is 1.78 bits per heavy atom. The number of ether oxygens (including phenoxy) is 2. The molecule has 3 heterocycles. The Labute approximate surface area is 191 Å². The number of rotatable bonds is 6. The third kappa shape index (κ3) is 4.80. The summed E-state index contributed by atoms with van der Waals surface area (Å²) < 4.78 is 11.1. The van der Waals surface area contributed by atoms with E-state index in [1.54, 1.807) is 29.2 Å². The van der Waals surface area contributed by atoms with Crippen molar-refractivity contribution in [2.24, 2.45) is 11.8 Å². The highest BCUT2D eigenvalue weighted by atomic mass is 32.1. The Hall–Kier alpha value is -2.87. The first-order chi connectivity index (χ1) is 15.4. The first-order valence-electron chi connectivity index (χ1n) is 11.0. The van der Waals surface area contributed by atoms with Crippen LogP contribution in [0.5, 0.6) is 11.5 Å². The molecule has 1 fully saturated rings. The van der Waals surface area contributed by atoms with Crippen LogP contribution < -0.4 is 14.8 Å². The second kappa shape index (κ2) is 9.73. The number of fused-ring (bicyclic) bond motifs is 1. The van der Waals surface area contributed by atoms with E-state index in [0.717, 1.165) is 0 Å². The summed E-state index contributed by atoms with van der Waals surface area (Å²) in [6, 6.07) is 8.29. The van der Waals surface area contributed by atoms with Gasteiger partial charge in [-0.2, -0.15) is 0 Å². The first-order valence-corrected chi connectivity index (χ1v) is 11.9. The van der Waals surface area contributed by atoms with Gasteiger partial charge >= 0.3 is 0 Å². The van der Waals surface area contributed by atoms with E-state index in [4.69, 9.17) is 9.47 Å². The zero-order chi connectivity index (χ0) is 22.7. The molecule has 1 unspecified atom stereocenters. The summed E-state index contributed by atoms with van der Waals surface area (Å²) in [4.78, 5) is 41.0. The lowest BCUT2D eigenvalue weighted by atomic mass is 9.88. The van der Waals surface area contributed by atoms with Crippen LogP contribution in [0.15, 0.2) is 35.7 Å². The van der Waals surface area contributed by atoms with Crippen LogP contribution in [0.3, 0.4) is 0 Å². The highest BCUT2D eigenvalue weighted by Gasteiger charge is 2.33. The number of thiophene rings is 1. The van der Waals surface area contributed by atoms with Crippen molar-refractivity contribution in [3.05, 3.63) is 46.2 Å². The van der Waals surface area contributed by atoms with Crippen molar-refractivity contribution < 1.29 is 23.9 Å². The Kier molecular flexibility index (Phi) is 6.79. The lowest BCUT2D eigenvalue weighted by Crippen LogP contribution is -2.53. The van der Waals surface area contributed by atoms with E-state index in [9.17, 15) is 14.4 Å². The van der Waals surface area contributed by atoms with Gasteiger partial charge in [0.25, 0.3) is 5.91 Å². The number of ketones is 1. The summed E-state index contributed by atoms with van der Waals surface area (Å²) in [5, 5.41) is 4.73. The van der Waals surface area contributed by atoms with E-state index < -0.39 is 6.04 Å². The number of nitrogens with one attached hydrogen (secondary N) is 1. The summed E-state index contributed by atoms with van der Waals surface area (Å²) in [5.41, 5.74) is 0.613. The standard InChI is InChI=1S/C24H28N2O5S/c1-15(2)21(25-23(28)20-4-3-13-32-20)24(29)26-9-7-16(8-10-26)22(27)17-5-6-18-19(14-17)31-12-11-30-18/h3-6,13-16,21H,7-12H2,1-2H3,(H,25,28). The number of piperidine rings is 1. The third-order valence-corrected chi connectivity index (χ3v) is 6.84. The molecule has 1 aromatic heterocycles. The molecule has 2 aliphatic rings. The second-order valence-electron chi connectivity index (χ2n) is 8.49. The van der Waals surface area contributed by atoms with Crippen molar-refractivity contribution in [2.75, 3.05) is 26.3 Å². The summed E-state index contributed by atoms with van der Waals surface area (Å²) in [7, 11) is 0. The number of nitrogens with zero attached hydrogens (tertiary/aromatic N) is 1. The average molecular weight is 457 g/mol. The van der Waals surface area contributed by atoms with E-state index in [0.29, 0.717) is 61.1 Å². The molecule has 4 rings (SSSR count). The van der Waals surface area contributed by atoms with Crippen LogP contribution in [0.2, 0.25) is 0 Å². The molecule has 2 aliphatic heterocycles. The molecule has 1 aromatic carbocycles. The maximum absolute atomic E-state index is 13.2. The van der Waals surface area contributed by atoms with Crippen LogP contribution >= 0.6 is 11.3 Å². The van der Waals surface area contributed by atoms with Gasteiger partial charge in [0.1, 0.15) is 19.3 Å². The zero-order valence-corrected chi connectivity index (χ0v) is 19.2. The molecule has 0 radical (unpaired) electrons. The quantitative estimate of drug-likeness (QED) is 0.674. The lowest BCUT2D eigenvalue weighted by Gasteiger charge is -2.35. The van der Waals surface area contributed by atoms with Gasteiger partial charge in [-0.15, -0.1) is 11.3 Å². The van der Waals surface area contributed by atoms with Crippen LogP contribution in [-0.2, 0) is 4.79 Å². The average Bonchev–Trinajstić information content (AvgIpc) is 3.36. The van der Waals surface area contributed by atoms with Crippen molar-refractivity contribution in [1.29, 1.82) is 0 Å². The molecule has 0 aliphatic carbocycles. The molecule has 2 aromatic rings. The monoisotopic (exact) mass is 456 g/mol. The minimum absolute atomic E-state index is 0.0384. The van der Waals surface area contributed by atoms with Gasteiger partial charge in [0.15, 0.2) is 17.3 Å². The van der Waals surface area contributed by atoms with E-state index in [2.05, 4.69) is 5.32 Å². The maximum atomic E-state index is 13.2. The van der Waals surface area contributed by atoms with Gasteiger partial charge in [0.05, 0.1) is 4.88 Å². The van der Waals surface area contributed by atoms with Crippen LogP contribution in [0.4, 0.5) is 0 Å². The highest BCUT2D eigenvalue weighted by molar-refractivity contribution is 7.12. The van der Waals surface area contributed by atoms with Crippen molar-refractivity contribution in [3.63, 3.8) is 0 Å². The Balaban J connectivity index is 1.36. The third-order valence-electron chi connectivity index (χ3n) is 5.97. The predicted octanol–water partition coefficient (Wildman–Crippen LogP) is 3.40. The van der Waals surface area contributed by atoms with E-state index in [1.165, 1.54) is 11.3 Å². The molecule has 0 spiro atoms. The SMILES string of the molecule is CC(C)C(NC(=O)c1cccs1)C(=O)N1CCC(C(=O)c2ccc3c(c2)OCCO3)CC1. The van der Waals surface area contributed by atoms with Crippen molar-refractivity contribution in [3.8, 4) is 11.5 Å². The summed E-state index contributed by atoms with van der Waals surface area (Å²) in [5.74, 6) is 0.850. The Bertz CT molecular complexity index is 980. The number of hydrogen-bond donors (Lipinski definition) is 1. The molecule has 32 heavy (non-hydrogen) atoms.